The third-order valence-electron chi connectivity index (χ3n) is 13.3. The van der Waals surface area contributed by atoms with Crippen LogP contribution in [0.5, 0.6) is 0 Å². The van der Waals surface area contributed by atoms with E-state index in [-0.39, 0.29) is 22.3 Å². The summed E-state index contributed by atoms with van der Waals surface area (Å²) in [5.41, 5.74) is 3.26. The Morgan fingerprint density at radius 2 is 1.53 bits per heavy atom. The van der Waals surface area contributed by atoms with Crippen LogP contribution in [0.3, 0.4) is 0 Å². The van der Waals surface area contributed by atoms with Crippen molar-refractivity contribution in [2.24, 2.45) is 50.2 Å². The first-order valence-electron chi connectivity index (χ1n) is 13.8. The van der Waals surface area contributed by atoms with E-state index in [4.69, 9.17) is 0 Å². The lowest BCUT2D eigenvalue weighted by atomic mass is 9.33. The lowest BCUT2D eigenvalue weighted by Gasteiger charge is -2.71. The highest BCUT2D eigenvalue weighted by molar-refractivity contribution is 5.33. The molecule has 182 valence electrons. The molecule has 5 rings (SSSR count). The maximum absolute atomic E-state index is 10.9. The first kappa shape index (κ1) is 23.4. The van der Waals surface area contributed by atoms with E-state index in [1.807, 2.05) is 0 Å². The molecule has 0 amide bonds. The lowest BCUT2D eigenvalue weighted by molar-refractivity contribution is -0.203. The monoisotopic (exact) mass is 442 g/mol. The van der Waals surface area contributed by atoms with Gasteiger partial charge in [-0.3, -0.25) is 0 Å². The number of allylic oxidation sites excluding steroid dienone is 2. The van der Waals surface area contributed by atoms with Gasteiger partial charge in [0.25, 0.3) is 0 Å². The fourth-order valence-corrected chi connectivity index (χ4v) is 10.6. The minimum atomic E-state index is -0.149. The van der Waals surface area contributed by atoms with Crippen molar-refractivity contribution in [1.29, 1.82) is 0 Å². The fraction of sp³-hybridized carbons (Fsp3) is 0.933. The Hall–Kier alpha value is -0.340. The maximum atomic E-state index is 10.9. The summed E-state index contributed by atoms with van der Waals surface area (Å²) >= 11 is 0. The van der Waals surface area contributed by atoms with Gasteiger partial charge < -0.3 is 10.2 Å². The second kappa shape index (κ2) is 6.87. The topological polar surface area (TPSA) is 40.5 Å². The molecule has 9 unspecified atom stereocenters. The van der Waals surface area contributed by atoms with Crippen LogP contribution in [0, 0.1) is 50.2 Å². The van der Waals surface area contributed by atoms with E-state index in [0.29, 0.717) is 40.6 Å². The molecule has 2 N–H and O–H groups in total. The maximum Gasteiger partial charge on any atom is 0.0594 e. The molecule has 9 atom stereocenters. The van der Waals surface area contributed by atoms with E-state index in [0.717, 1.165) is 6.42 Å². The van der Waals surface area contributed by atoms with E-state index in [1.165, 1.54) is 57.8 Å². The van der Waals surface area contributed by atoms with Gasteiger partial charge in [0, 0.05) is 6.61 Å². The molecule has 2 heteroatoms. The molecular weight excluding hydrogens is 392 g/mol. The highest BCUT2D eigenvalue weighted by atomic mass is 16.3. The Labute approximate surface area is 197 Å². The molecule has 0 aromatic rings. The molecule has 0 bridgehead atoms. The van der Waals surface area contributed by atoms with Gasteiger partial charge in [0.05, 0.1) is 6.10 Å². The summed E-state index contributed by atoms with van der Waals surface area (Å²) in [4.78, 5) is 0. The van der Waals surface area contributed by atoms with Crippen molar-refractivity contribution in [2.75, 3.05) is 6.61 Å². The van der Waals surface area contributed by atoms with Crippen LogP contribution in [0.2, 0.25) is 0 Å². The zero-order valence-corrected chi connectivity index (χ0v) is 22.1. The Balaban J connectivity index is 1.56. The van der Waals surface area contributed by atoms with Crippen LogP contribution >= 0.6 is 0 Å². The van der Waals surface area contributed by atoms with Crippen molar-refractivity contribution in [3.63, 3.8) is 0 Å². The number of aliphatic hydroxyl groups is 2. The van der Waals surface area contributed by atoms with Crippen molar-refractivity contribution in [1.82, 2.24) is 0 Å². The molecule has 5 aliphatic carbocycles. The first-order valence-corrected chi connectivity index (χ1v) is 13.8. The minimum absolute atomic E-state index is 0.0245. The van der Waals surface area contributed by atoms with Gasteiger partial charge in [0.15, 0.2) is 0 Å². The Morgan fingerprint density at radius 1 is 0.844 bits per heavy atom. The molecule has 32 heavy (non-hydrogen) atoms. The molecule has 4 saturated carbocycles. The predicted molar refractivity (Wildman–Crippen MR) is 132 cm³/mol. The number of hydrogen-bond donors (Lipinski definition) is 2. The highest BCUT2D eigenvalue weighted by Crippen LogP contribution is 2.75. The Morgan fingerprint density at radius 3 is 2.22 bits per heavy atom. The van der Waals surface area contributed by atoms with Gasteiger partial charge >= 0.3 is 0 Å². The normalized spacial score (nSPS) is 56.8. The number of aliphatic hydroxyl groups excluding tert-OH is 2. The summed E-state index contributed by atoms with van der Waals surface area (Å²) in [6, 6.07) is 0. The third kappa shape index (κ3) is 2.78. The average molecular weight is 443 g/mol. The number of fused-ring (bicyclic) bond motifs is 7. The predicted octanol–water partition coefficient (Wildman–Crippen LogP) is 7.14. The number of rotatable bonds is 1. The minimum Gasteiger partial charge on any atom is -0.396 e. The molecule has 0 spiro atoms. The fourth-order valence-electron chi connectivity index (χ4n) is 10.6. The van der Waals surface area contributed by atoms with Crippen LogP contribution in [-0.2, 0) is 0 Å². The van der Waals surface area contributed by atoms with Crippen LogP contribution in [0.25, 0.3) is 0 Å². The van der Waals surface area contributed by atoms with E-state index < -0.39 is 0 Å². The summed E-state index contributed by atoms with van der Waals surface area (Å²) in [6.07, 6.45) is 14.8. The second-order valence-electron chi connectivity index (χ2n) is 15.0. The van der Waals surface area contributed by atoms with Crippen molar-refractivity contribution in [3.05, 3.63) is 11.6 Å². The molecule has 2 nitrogen and oxygen atoms in total. The van der Waals surface area contributed by atoms with Crippen molar-refractivity contribution in [3.8, 4) is 0 Å². The molecule has 0 radical (unpaired) electrons. The van der Waals surface area contributed by atoms with Crippen molar-refractivity contribution in [2.45, 2.75) is 119 Å². The SMILES string of the molecule is CC1(CO)CCC2(C)CCC3(C)C(=CCC4C5(C)CCC(O)C(C)(C)C5CCC43C)C2C1. The van der Waals surface area contributed by atoms with Crippen molar-refractivity contribution >= 4 is 0 Å². The molecule has 0 aromatic heterocycles. The van der Waals surface area contributed by atoms with Crippen LogP contribution in [0.15, 0.2) is 11.6 Å². The molecule has 0 heterocycles. The van der Waals surface area contributed by atoms with Crippen LogP contribution < -0.4 is 0 Å². The second-order valence-corrected chi connectivity index (χ2v) is 15.0. The summed E-state index contributed by atoms with van der Waals surface area (Å²) in [5.74, 6) is 1.98. The zero-order chi connectivity index (χ0) is 23.4. The van der Waals surface area contributed by atoms with Crippen LogP contribution in [0.4, 0.5) is 0 Å². The molecule has 5 aliphatic rings. The van der Waals surface area contributed by atoms with Crippen molar-refractivity contribution < 1.29 is 10.2 Å². The van der Waals surface area contributed by atoms with E-state index in [2.05, 4.69) is 54.5 Å². The zero-order valence-electron chi connectivity index (χ0n) is 22.1. The van der Waals surface area contributed by atoms with E-state index in [1.54, 1.807) is 5.57 Å². The lowest BCUT2D eigenvalue weighted by Crippen LogP contribution is -2.64. The molecule has 0 saturated heterocycles. The molecular formula is C30H50O2. The standard InChI is InChI=1S/C30H50O2/c1-25(2)22-10-13-30(7)23(28(22,5)12-11-24(25)32)9-8-20-21-18-26(3,19-31)14-15-27(21,4)16-17-29(20,30)6/h8,21-24,31-32H,9-19H2,1-7H3. The van der Waals surface area contributed by atoms with E-state index in [9.17, 15) is 10.2 Å². The summed E-state index contributed by atoms with van der Waals surface area (Å²) in [7, 11) is 0. The molecule has 4 fully saturated rings. The van der Waals surface area contributed by atoms with Crippen LogP contribution in [0.1, 0.15) is 113 Å². The Kier molecular flexibility index (Phi) is 5.02. The van der Waals surface area contributed by atoms with Gasteiger partial charge in [-0.2, -0.15) is 0 Å². The van der Waals surface area contributed by atoms with Gasteiger partial charge in [0.1, 0.15) is 0 Å². The molecule has 0 aromatic carbocycles. The highest BCUT2D eigenvalue weighted by Gasteiger charge is 2.67. The van der Waals surface area contributed by atoms with Crippen LogP contribution in [-0.4, -0.2) is 22.9 Å². The smallest absolute Gasteiger partial charge is 0.0594 e. The summed E-state index contributed by atoms with van der Waals surface area (Å²) in [6.45, 7) is 17.8. The average Bonchev–Trinajstić information content (AvgIpc) is 2.73. The first-order chi connectivity index (χ1) is 14.8. The third-order valence-corrected chi connectivity index (χ3v) is 13.3. The Bertz CT molecular complexity index is 814. The largest absolute Gasteiger partial charge is 0.396 e. The summed E-state index contributed by atoms with van der Waals surface area (Å²) in [5, 5.41) is 21.1. The van der Waals surface area contributed by atoms with Gasteiger partial charge in [-0.25, -0.2) is 0 Å². The quantitative estimate of drug-likeness (QED) is 0.424. The van der Waals surface area contributed by atoms with E-state index >= 15 is 0 Å². The molecule has 0 aliphatic heterocycles. The van der Waals surface area contributed by atoms with Gasteiger partial charge in [-0.1, -0.05) is 60.1 Å². The summed E-state index contributed by atoms with van der Waals surface area (Å²) < 4.78 is 0. The van der Waals surface area contributed by atoms with Gasteiger partial charge in [0.2, 0.25) is 0 Å². The number of hydrogen-bond acceptors (Lipinski definition) is 2. The van der Waals surface area contributed by atoms with Gasteiger partial charge in [-0.05, 0) is 114 Å². The van der Waals surface area contributed by atoms with Gasteiger partial charge in [-0.15, -0.1) is 0 Å².